The molecule has 1 aliphatic carbocycles. The van der Waals surface area contributed by atoms with Crippen molar-refractivity contribution in [2.24, 2.45) is 5.92 Å². The van der Waals surface area contributed by atoms with E-state index < -0.39 is 41.8 Å². The van der Waals surface area contributed by atoms with Gasteiger partial charge in [0, 0.05) is 13.0 Å². The Labute approximate surface area is 134 Å². The topological polar surface area (TPSA) is 116 Å². The highest BCUT2D eigenvalue weighted by atomic mass is 16.6. The maximum Gasteiger partial charge on any atom is 0.408 e. The molecule has 1 heterocycles. The number of aliphatic hydroxyl groups is 1. The Morgan fingerprint density at radius 3 is 2.35 bits per heavy atom. The van der Waals surface area contributed by atoms with Crippen LogP contribution in [0, 0.1) is 5.92 Å². The van der Waals surface area contributed by atoms with Crippen LogP contribution >= 0.6 is 0 Å². The van der Waals surface area contributed by atoms with E-state index in [0.717, 1.165) is 17.7 Å². The molecule has 0 aromatic rings. The number of aliphatic hydroxyl groups excluding tert-OH is 1. The van der Waals surface area contributed by atoms with Crippen LogP contribution in [0.3, 0.4) is 0 Å². The van der Waals surface area contributed by atoms with Gasteiger partial charge < -0.3 is 25.2 Å². The molecule has 0 aromatic heterocycles. The Hall–Kier alpha value is -1.83. The van der Waals surface area contributed by atoms with Gasteiger partial charge >= 0.3 is 12.1 Å². The number of aliphatic carboxylic acids is 1. The predicted molar refractivity (Wildman–Crippen MR) is 79.6 cm³/mol. The molecule has 0 radical (unpaired) electrons. The van der Waals surface area contributed by atoms with E-state index in [0.29, 0.717) is 0 Å². The van der Waals surface area contributed by atoms with Crippen LogP contribution in [0.25, 0.3) is 0 Å². The summed E-state index contributed by atoms with van der Waals surface area (Å²) in [6.07, 6.45) is 0.0294. The highest BCUT2D eigenvalue weighted by molar-refractivity contribution is 5.90. The molecule has 1 saturated carbocycles. The summed E-state index contributed by atoms with van der Waals surface area (Å²) < 4.78 is 5.17. The highest BCUT2D eigenvalue weighted by Gasteiger charge is 2.46. The van der Waals surface area contributed by atoms with Crippen LogP contribution in [0.4, 0.5) is 4.79 Å². The number of nitrogens with zero attached hydrogens (tertiary/aromatic N) is 1. The normalized spacial score (nSPS) is 25.8. The summed E-state index contributed by atoms with van der Waals surface area (Å²) in [4.78, 5) is 37.0. The average Bonchev–Trinajstić information content (AvgIpc) is 3.15. The first-order valence-electron chi connectivity index (χ1n) is 7.79. The lowest BCUT2D eigenvalue weighted by Crippen LogP contribution is -2.53. The smallest absolute Gasteiger partial charge is 0.408 e. The van der Waals surface area contributed by atoms with E-state index in [1.165, 1.54) is 0 Å². The second-order valence-corrected chi connectivity index (χ2v) is 7.20. The molecular weight excluding hydrogens is 304 g/mol. The molecule has 8 heteroatoms. The van der Waals surface area contributed by atoms with E-state index in [9.17, 15) is 24.6 Å². The maximum atomic E-state index is 12.7. The molecule has 0 unspecified atom stereocenters. The summed E-state index contributed by atoms with van der Waals surface area (Å²) in [7, 11) is 0. The summed E-state index contributed by atoms with van der Waals surface area (Å²) >= 11 is 0. The van der Waals surface area contributed by atoms with Crippen LogP contribution in [0.5, 0.6) is 0 Å². The van der Waals surface area contributed by atoms with Gasteiger partial charge in [0.1, 0.15) is 17.7 Å². The average molecular weight is 328 g/mol. The molecule has 3 atom stereocenters. The van der Waals surface area contributed by atoms with Gasteiger partial charge in [0.2, 0.25) is 5.91 Å². The second-order valence-electron chi connectivity index (χ2n) is 7.20. The Balaban J connectivity index is 2.07. The minimum absolute atomic E-state index is 0.00486. The van der Waals surface area contributed by atoms with Crippen molar-refractivity contribution in [3.05, 3.63) is 0 Å². The number of rotatable bonds is 4. The van der Waals surface area contributed by atoms with E-state index in [4.69, 9.17) is 4.74 Å². The van der Waals surface area contributed by atoms with Gasteiger partial charge in [0.25, 0.3) is 0 Å². The van der Waals surface area contributed by atoms with Crippen LogP contribution in [0.1, 0.15) is 40.0 Å². The quantitative estimate of drug-likeness (QED) is 0.685. The van der Waals surface area contributed by atoms with Crippen molar-refractivity contribution in [1.82, 2.24) is 10.2 Å². The number of carbonyl (C=O) groups excluding carboxylic acids is 2. The number of hydrogen-bond acceptors (Lipinski definition) is 5. The molecule has 1 saturated heterocycles. The van der Waals surface area contributed by atoms with Crippen LogP contribution in [0.15, 0.2) is 0 Å². The van der Waals surface area contributed by atoms with Crippen molar-refractivity contribution in [2.75, 3.05) is 6.54 Å². The van der Waals surface area contributed by atoms with E-state index in [1.807, 2.05) is 0 Å². The number of ether oxygens (including phenoxy) is 1. The van der Waals surface area contributed by atoms with Gasteiger partial charge in [-0.1, -0.05) is 0 Å². The third-order valence-electron chi connectivity index (χ3n) is 3.88. The molecule has 2 aliphatic rings. The van der Waals surface area contributed by atoms with Gasteiger partial charge in [-0.3, -0.25) is 4.79 Å². The fraction of sp³-hybridized carbons (Fsp3) is 0.800. The van der Waals surface area contributed by atoms with Crippen molar-refractivity contribution in [3.63, 3.8) is 0 Å². The van der Waals surface area contributed by atoms with Gasteiger partial charge in [0.05, 0.1) is 6.10 Å². The Kier molecular flexibility index (Phi) is 4.84. The van der Waals surface area contributed by atoms with E-state index in [1.54, 1.807) is 20.8 Å². The molecule has 0 bridgehead atoms. The lowest BCUT2D eigenvalue weighted by Gasteiger charge is -2.28. The molecule has 2 fully saturated rings. The number of amides is 2. The number of nitrogens with one attached hydrogen (secondary N) is 1. The first-order valence-corrected chi connectivity index (χ1v) is 7.79. The first-order chi connectivity index (χ1) is 10.6. The van der Waals surface area contributed by atoms with Crippen molar-refractivity contribution in [3.8, 4) is 0 Å². The number of alkyl carbamates (subject to hydrolysis) is 1. The Morgan fingerprint density at radius 2 is 1.87 bits per heavy atom. The SMILES string of the molecule is CC(C)(C)OC(=O)N[C@H](C(=O)N1C[C@H](O)C[C@H]1C(=O)O)C1CC1. The summed E-state index contributed by atoms with van der Waals surface area (Å²) in [5.74, 6) is -1.63. The molecule has 1 aliphatic heterocycles. The number of hydrogen-bond donors (Lipinski definition) is 3. The fourth-order valence-electron chi connectivity index (χ4n) is 2.72. The van der Waals surface area contributed by atoms with Gasteiger partial charge in [-0.05, 0) is 39.5 Å². The third-order valence-corrected chi connectivity index (χ3v) is 3.88. The zero-order valence-electron chi connectivity index (χ0n) is 13.6. The summed E-state index contributed by atoms with van der Waals surface area (Å²) in [5.41, 5.74) is -0.686. The monoisotopic (exact) mass is 328 g/mol. The Bertz CT molecular complexity index is 497. The molecule has 3 N–H and O–H groups in total. The molecule has 2 rings (SSSR count). The second kappa shape index (κ2) is 6.35. The largest absolute Gasteiger partial charge is 0.480 e. The molecule has 0 spiro atoms. The van der Waals surface area contributed by atoms with Crippen LogP contribution in [-0.2, 0) is 14.3 Å². The number of carbonyl (C=O) groups is 3. The number of β-amino-alcohol motifs (C(OH)–C–C–N with tert-alkyl or cyclic N) is 1. The van der Waals surface area contributed by atoms with E-state index in [-0.39, 0.29) is 18.9 Å². The molecule has 2 amide bonds. The van der Waals surface area contributed by atoms with Gasteiger partial charge in [-0.2, -0.15) is 0 Å². The molecule has 8 nitrogen and oxygen atoms in total. The van der Waals surface area contributed by atoms with Gasteiger partial charge in [0.15, 0.2) is 0 Å². The molecule has 130 valence electrons. The van der Waals surface area contributed by atoms with Gasteiger partial charge in [-0.15, -0.1) is 0 Å². The van der Waals surface area contributed by atoms with E-state index >= 15 is 0 Å². The Morgan fingerprint density at radius 1 is 1.26 bits per heavy atom. The summed E-state index contributed by atoms with van der Waals surface area (Å²) in [6.45, 7) is 5.13. The van der Waals surface area contributed by atoms with Crippen molar-refractivity contribution >= 4 is 18.0 Å². The zero-order valence-corrected chi connectivity index (χ0v) is 13.6. The summed E-state index contributed by atoms with van der Waals surface area (Å²) in [6, 6.07) is -1.86. The lowest BCUT2D eigenvalue weighted by molar-refractivity contribution is -0.149. The molecule has 0 aromatic carbocycles. The standard InChI is InChI=1S/C15H24N2O6/c1-15(2,3)23-14(22)16-11(8-4-5-8)12(19)17-7-9(18)6-10(17)13(20)21/h8-11,18H,4-7H2,1-3H3,(H,16,22)(H,20,21)/t9-,10+,11+/m1/s1. The molecular formula is C15H24N2O6. The molecule has 23 heavy (non-hydrogen) atoms. The minimum atomic E-state index is -1.15. The van der Waals surface area contributed by atoms with Crippen molar-refractivity contribution < 1.29 is 29.3 Å². The third kappa shape index (κ3) is 4.57. The maximum absolute atomic E-state index is 12.7. The van der Waals surface area contributed by atoms with Crippen molar-refractivity contribution in [1.29, 1.82) is 0 Å². The van der Waals surface area contributed by atoms with Gasteiger partial charge in [-0.25, -0.2) is 9.59 Å². The first kappa shape index (κ1) is 17.5. The number of likely N-dealkylation sites (tertiary alicyclic amines) is 1. The van der Waals surface area contributed by atoms with Crippen molar-refractivity contribution in [2.45, 2.75) is 63.8 Å². The zero-order chi connectivity index (χ0) is 17.4. The highest BCUT2D eigenvalue weighted by Crippen LogP contribution is 2.34. The fourth-order valence-corrected chi connectivity index (χ4v) is 2.72. The van der Waals surface area contributed by atoms with Crippen LogP contribution < -0.4 is 5.32 Å². The lowest BCUT2D eigenvalue weighted by atomic mass is 10.1. The number of carboxylic acid groups (broad SMARTS) is 1. The van der Waals surface area contributed by atoms with Crippen LogP contribution in [0.2, 0.25) is 0 Å². The minimum Gasteiger partial charge on any atom is -0.480 e. The predicted octanol–water partition coefficient (Wildman–Crippen LogP) is 0.336. The number of carboxylic acids is 1. The summed E-state index contributed by atoms with van der Waals surface area (Å²) in [5, 5.41) is 21.4. The van der Waals surface area contributed by atoms with E-state index in [2.05, 4.69) is 5.32 Å². The van der Waals surface area contributed by atoms with Crippen LogP contribution in [-0.4, -0.2) is 63.4 Å².